The molecule has 1 unspecified atom stereocenters. The SMILES string of the molecule is Cc1ccc(F)c(S(=O)(=O)N2CCc3oc(C4CCOC4)nc3C2)c1. The van der Waals surface area contributed by atoms with Crippen LogP contribution in [0.1, 0.15) is 35.2 Å². The molecule has 25 heavy (non-hydrogen) atoms. The van der Waals surface area contributed by atoms with Crippen LogP contribution in [0.3, 0.4) is 0 Å². The van der Waals surface area contributed by atoms with E-state index in [0.717, 1.165) is 12.2 Å². The van der Waals surface area contributed by atoms with Crippen LogP contribution in [-0.4, -0.2) is 37.5 Å². The van der Waals surface area contributed by atoms with Gasteiger partial charge in [0.15, 0.2) is 5.89 Å². The average molecular weight is 366 g/mol. The van der Waals surface area contributed by atoms with E-state index in [0.29, 0.717) is 36.8 Å². The van der Waals surface area contributed by atoms with Crippen LogP contribution in [0.5, 0.6) is 0 Å². The summed E-state index contributed by atoms with van der Waals surface area (Å²) >= 11 is 0. The predicted molar refractivity (Wildman–Crippen MR) is 87.1 cm³/mol. The smallest absolute Gasteiger partial charge is 0.246 e. The average Bonchev–Trinajstić information content (AvgIpc) is 3.24. The number of hydrogen-bond donors (Lipinski definition) is 0. The van der Waals surface area contributed by atoms with Crippen LogP contribution in [-0.2, 0) is 27.7 Å². The highest BCUT2D eigenvalue weighted by atomic mass is 32.2. The molecule has 4 rings (SSSR count). The summed E-state index contributed by atoms with van der Waals surface area (Å²) in [5, 5.41) is 0. The van der Waals surface area contributed by atoms with Crippen LogP contribution in [0.25, 0.3) is 0 Å². The van der Waals surface area contributed by atoms with Gasteiger partial charge in [-0.25, -0.2) is 17.8 Å². The summed E-state index contributed by atoms with van der Waals surface area (Å²) in [5.74, 6) is 0.728. The van der Waals surface area contributed by atoms with Crippen molar-refractivity contribution in [3.8, 4) is 0 Å². The lowest BCUT2D eigenvalue weighted by molar-refractivity contribution is 0.190. The molecule has 6 nitrogen and oxygen atoms in total. The van der Waals surface area contributed by atoms with Crippen LogP contribution in [0, 0.1) is 12.7 Å². The molecule has 3 heterocycles. The van der Waals surface area contributed by atoms with Crippen LogP contribution >= 0.6 is 0 Å². The fourth-order valence-electron chi connectivity index (χ4n) is 3.25. The van der Waals surface area contributed by atoms with E-state index in [9.17, 15) is 12.8 Å². The van der Waals surface area contributed by atoms with Crippen molar-refractivity contribution in [1.82, 2.24) is 9.29 Å². The molecule has 0 aliphatic carbocycles. The van der Waals surface area contributed by atoms with Gasteiger partial charge >= 0.3 is 0 Å². The molecule has 1 atom stereocenters. The number of ether oxygens (including phenoxy) is 1. The summed E-state index contributed by atoms with van der Waals surface area (Å²) in [6.45, 7) is 3.35. The molecule has 2 aliphatic heterocycles. The van der Waals surface area contributed by atoms with Gasteiger partial charge in [0.25, 0.3) is 0 Å². The molecule has 0 spiro atoms. The maximum Gasteiger partial charge on any atom is 0.246 e. The van der Waals surface area contributed by atoms with Gasteiger partial charge in [0.2, 0.25) is 10.0 Å². The van der Waals surface area contributed by atoms with E-state index in [-0.39, 0.29) is 23.9 Å². The molecule has 0 saturated carbocycles. The van der Waals surface area contributed by atoms with E-state index < -0.39 is 15.8 Å². The second-order valence-corrected chi connectivity index (χ2v) is 8.41. The monoisotopic (exact) mass is 366 g/mol. The molecule has 1 fully saturated rings. The third kappa shape index (κ3) is 2.98. The van der Waals surface area contributed by atoms with Gasteiger partial charge in [-0.15, -0.1) is 0 Å². The van der Waals surface area contributed by atoms with Crippen LogP contribution in [0.15, 0.2) is 27.5 Å². The Morgan fingerprint density at radius 1 is 1.36 bits per heavy atom. The molecule has 0 amide bonds. The first-order valence-electron chi connectivity index (χ1n) is 8.27. The molecule has 8 heteroatoms. The second-order valence-electron chi connectivity index (χ2n) is 6.50. The van der Waals surface area contributed by atoms with E-state index in [1.165, 1.54) is 16.4 Å². The fraction of sp³-hybridized carbons (Fsp3) is 0.471. The van der Waals surface area contributed by atoms with Crippen LogP contribution in [0.4, 0.5) is 4.39 Å². The van der Waals surface area contributed by atoms with Gasteiger partial charge in [-0.05, 0) is 31.0 Å². The number of aryl methyl sites for hydroxylation is 1. The second kappa shape index (κ2) is 6.19. The number of nitrogens with zero attached hydrogens (tertiary/aromatic N) is 2. The Bertz CT molecular complexity index is 903. The third-order valence-corrected chi connectivity index (χ3v) is 6.55. The van der Waals surface area contributed by atoms with Crippen molar-refractivity contribution in [3.63, 3.8) is 0 Å². The van der Waals surface area contributed by atoms with Crippen molar-refractivity contribution >= 4 is 10.0 Å². The van der Waals surface area contributed by atoms with Crippen molar-refractivity contribution in [3.05, 3.63) is 46.9 Å². The lowest BCUT2D eigenvalue weighted by atomic mass is 10.1. The Hall–Kier alpha value is -1.77. The summed E-state index contributed by atoms with van der Waals surface area (Å²) in [7, 11) is -3.92. The molecular weight excluding hydrogens is 347 g/mol. The fourth-order valence-corrected chi connectivity index (χ4v) is 4.80. The minimum Gasteiger partial charge on any atom is -0.445 e. The van der Waals surface area contributed by atoms with Gasteiger partial charge in [0.05, 0.1) is 24.8 Å². The van der Waals surface area contributed by atoms with Gasteiger partial charge in [-0.3, -0.25) is 0 Å². The molecule has 1 aromatic carbocycles. The number of rotatable bonds is 3. The number of fused-ring (bicyclic) bond motifs is 1. The Balaban J connectivity index is 1.62. The quantitative estimate of drug-likeness (QED) is 0.834. The summed E-state index contributed by atoms with van der Waals surface area (Å²) in [6, 6.07) is 4.10. The predicted octanol–water partition coefficient (Wildman–Crippen LogP) is 2.37. The number of sulfonamides is 1. The van der Waals surface area contributed by atoms with Gasteiger partial charge in [-0.1, -0.05) is 6.07 Å². The van der Waals surface area contributed by atoms with Crippen LogP contribution < -0.4 is 0 Å². The summed E-state index contributed by atoms with van der Waals surface area (Å²) in [5.41, 5.74) is 1.31. The number of aromatic nitrogens is 1. The van der Waals surface area contributed by atoms with Crippen molar-refractivity contribution in [1.29, 1.82) is 0 Å². The minimum absolute atomic E-state index is 0.0993. The number of benzene rings is 1. The normalized spacial score (nSPS) is 21.4. The maximum absolute atomic E-state index is 14.1. The molecule has 1 saturated heterocycles. The minimum atomic E-state index is -3.92. The topological polar surface area (TPSA) is 72.6 Å². The molecule has 0 N–H and O–H groups in total. The highest BCUT2D eigenvalue weighted by Gasteiger charge is 2.34. The zero-order chi connectivity index (χ0) is 17.6. The van der Waals surface area contributed by atoms with Crippen molar-refractivity contribution in [2.24, 2.45) is 0 Å². The third-order valence-electron chi connectivity index (χ3n) is 4.69. The highest BCUT2D eigenvalue weighted by molar-refractivity contribution is 7.89. The Kier molecular flexibility index (Phi) is 4.13. The molecule has 134 valence electrons. The highest BCUT2D eigenvalue weighted by Crippen LogP contribution is 2.31. The molecular formula is C17H19FN2O4S. The molecule has 1 aromatic heterocycles. The zero-order valence-corrected chi connectivity index (χ0v) is 14.7. The van der Waals surface area contributed by atoms with Gasteiger partial charge in [0, 0.05) is 19.6 Å². The summed E-state index contributed by atoms with van der Waals surface area (Å²) in [4.78, 5) is 4.20. The lowest BCUT2D eigenvalue weighted by Gasteiger charge is -2.25. The summed E-state index contributed by atoms with van der Waals surface area (Å²) in [6.07, 6.45) is 1.29. The first-order chi connectivity index (χ1) is 11.9. The van der Waals surface area contributed by atoms with E-state index >= 15 is 0 Å². The molecule has 0 bridgehead atoms. The summed E-state index contributed by atoms with van der Waals surface area (Å²) < 4.78 is 52.2. The molecule has 2 aliphatic rings. The lowest BCUT2D eigenvalue weighted by Crippen LogP contribution is -2.36. The van der Waals surface area contributed by atoms with E-state index in [2.05, 4.69) is 4.98 Å². The number of oxazole rings is 1. The van der Waals surface area contributed by atoms with Gasteiger partial charge < -0.3 is 9.15 Å². The Labute approximate surface area is 145 Å². The van der Waals surface area contributed by atoms with Gasteiger partial charge in [0.1, 0.15) is 16.5 Å². The standard InChI is InChI=1S/C17H19FN2O4S/c1-11-2-3-13(18)16(8-11)25(21,22)20-6-4-15-14(9-20)19-17(24-15)12-5-7-23-10-12/h2-3,8,12H,4-7,9-10H2,1H3. The molecule has 2 aromatic rings. The van der Waals surface area contributed by atoms with E-state index in [1.807, 2.05) is 0 Å². The van der Waals surface area contributed by atoms with Crippen molar-refractivity contribution in [2.45, 2.75) is 37.1 Å². The van der Waals surface area contributed by atoms with E-state index in [1.54, 1.807) is 13.0 Å². The number of hydrogen-bond acceptors (Lipinski definition) is 5. The Morgan fingerprint density at radius 2 is 2.20 bits per heavy atom. The number of halogens is 1. The first kappa shape index (κ1) is 16.7. The zero-order valence-electron chi connectivity index (χ0n) is 13.9. The Morgan fingerprint density at radius 3 is 2.96 bits per heavy atom. The first-order valence-corrected chi connectivity index (χ1v) is 9.71. The van der Waals surface area contributed by atoms with Crippen molar-refractivity contribution in [2.75, 3.05) is 19.8 Å². The van der Waals surface area contributed by atoms with Crippen LogP contribution in [0.2, 0.25) is 0 Å². The van der Waals surface area contributed by atoms with Crippen molar-refractivity contribution < 1.29 is 22.0 Å². The maximum atomic E-state index is 14.1. The van der Waals surface area contributed by atoms with E-state index in [4.69, 9.17) is 9.15 Å². The van der Waals surface area contributed by atoms with Gasteiger partial charge in [-0.2, -0.15) is 4.31 Å². The largest absolute Gasteiger partial charge is 0.445 e. The molecule has 0 radical (unpaired) electrons.